The fourth-order valence-corrected chi connectivity index (χ4v) is 3.47. The summed E-state index contributed by atoms with van der Waals surface area (Å²) in [6.07, 6.45) is 2.28. The lowest BCUT2D eigenvalue weighted by Gasteiger charge is -2.21. The van der Waals surface area contributed by atoms with Crippen molar-refractivity contribution in [2.45, 2.75) is 39.3 Å². The lowest BCUT2D eigenvalue weighted by Crippen LogP contribution is -2.38. The van der Waals surface area contributed by atoms with E-state index < -0.39 is 0 Å². The largest absolute Gasteiger partial charge is 0.349 e. The first-order valence-electron chi connectivity index (χ1n) is 7.42. The van der Waals surface area contributed by atoms with Gasteiger partial charge in [0.05, 0.1) is 18.2 Å². The third kappa shape index (κ3) is 2.83. The number of carbonyl (C=O) groups is 1. The average Bonchev–Trinajstić information content (AvgIpc) is 3.10. The van der Waals surface area contributed by atoms with Gasteiger partial charge in [-0.05, 0) is 12.8 Å². The van der Waals surface area contributed by atoms with E-state index in [0.717, 1.165) is 29.4 Å². The second kappa shape index (κ2) is 6.04. The highest BCUT2D eigenvalue weighted by Crippen LogP contribution is 2.17. The van der Waals surface area contributed by atoms with Crippen LogP contribution in [0.2, 0.25) is 0 Å². The highest BCUT2D eigenvalue weighted by Gasteiger charge is 2.27. The zero-order chi connectivity index (χ0) is 15.7. The molecule has 0 radical (unpaired) electrons. The smallest absolute Gasteiger partial charge is 0.345 e. The maximum Gasteiger partial charge on any atom is 0.345 e. The Hall–Kier alpha value is -1.96. The molecular formula is C14H19N5O2S. The summed E-state index contributed by atoms with van der Waals surface area (Å²) in [6, 6.07) is 0. The van der Waals surface area contributed by atoms with Crippen LogP contribution in [0, 0.1) is 5.92 Å². The van der Waals surface area contributed by atoms with Gasteiger partial charge in [-0.3, -0.25) is 9.36 Å². The summed E-state index contributed by atoms with van der Waals surface area (Å²) >= 11 is 1.56. The van der Waals surface area contributed by atoms with E-state index in [1.54, 1.807) is 23.0 Å². The van der Waals surface area contributed by atoms with Crippen LogP contribution in [0.5, 0.6) is 0 Å². The maximum absolute atomic E-state index is 12.3. The van der Waals surface area contributed by atoms with Gasteiger partial charge in [0.25, 0.3) is 0 Å². The van der Waals surface area contributed by atoms with Crippen molar-refractivity contribution in [2.75, 3.05) is 0 Å². The Bertz CT molecular complexity index is 745. The number of nitrogens with zero attached hydrogens (tertiary/aromatic N) is 4. The molecule has 1 amide bonds. The number of hydrogen-bond donors (Lipinski definition) is 1. The van der Waals surface area contributed by atoms with Crippen LogP contribution in [-0.4, -0.2) is 25.2 Å². The molecule has 3 rings (SSSR count). The topological polar surface area (TPSA) is 81.8 Å². The van der Waals surface area contributed by atoms with Crippen molar-refractivity contribution in [2.24, 2.45) is 13.0 Å². The van der Waals surface area contributed by atoms with Crippen LogP contribution in [0.4, 0.5) is 0 Å². The third-order valence-electron chi connectivity index (χ3n) is 3.95. The molecule has 0 aliphatic carbocycles. The van der Waals surface area contributed by atoms with Crippen molar-refractivity contribution in [1.82, 2.24) is 24.6 Å². The molecule has 1 atom stereocenters. The molecule has 7 nitrogen and oxygen atoms in total. The fraction of sp³-hybridized carbons (Fsp3) is 0.571. The molecule has 1 N–H and O–H groups in total. The highest BCUT2D eigenvalue weighted by molar-refractivity contribution is 7.09. The average molecular weight is 321 g/mol. The summed E-state index contributed by atoms with van der Waals surface area (Å²) in [5, 5.41) is 10.0. The fourth-order valence-electron chi connectivity index (χ4n) is 2.65. The number of rotatable bonds is 4. The molecule has 0 unspecified atom stereocenters. The summed E-state index contributed by atoms with van der Waals surface area (Å²) in [6.45, 7) is 2.92. The quantitative estimate of drug-likeness (QED) is 0.888. The molecule has 2 aromatic rings. The predicted molar refractivity (Wildman–Crippen MR) is 82.6 cm³/mol. The molecular weight excluding hydrogens is 302 g/mol. The third-order valence-corrected chi connectivity index (χ3v) is 4.85. The van der Waals surface area contributed by atoms with Crippen LogP contribution in [0.25, 0.3) is 0 Å². The lowest BCUT2D eigenvalue weighted by molar-refractivity contribution is -0.126. The summed E-state index contributed by atoms with van der Waals surface area (Å²) in [4.78, 5) is 28.7. The normalized spacial score (nSPS) is 17.3. The van der Waals surface area contributed by atoms with Gasteiger partial charge in [-0.25, -0.2) is 14.5 Å². The predicted octanol–water partition coefficient (Wildman–Crippen LogP) is 0.479. The Balaban J connectivity index is 1.61. The van der Waals surface area contributed by atoms with Gasteiger partial charge in [0, 0.05) is 25.4 Å². The van der Waals surface area contributed by atoms with Crippen molar-refractivity contribution in [3.8, 4) is 0 Å². The Morgan fingerprint density at radius 2 is 2.36 bits per heavy atom. The second-order valence-corrected chi connectivity index (χ2v) is 6.42. The van der Waals surface area contributed by atoms with E-state index in [0.29, 0.717) is 19.5 Å². The molecule has 118 valence electrons. The van der Waals surface area contributed by atoms with Gasteiger partial charge in [0.1, 0.15) is 10.8 Å². The molecule has 3 heterocycles. The first kappa shape index (κ1) is 15.0. The minimum atomic E-state index is -0.181. The van der Waals surface area contributed by atoms with Gasteiger partial charge < -0.3 is 5.32 Å². The first-order valence-corrected chi connectivity index (χ1v) is 8.30. The van der Waals surface area contributed by atoms with E-state index in [1.807, 2.05) is 5.38 Å². The van der Waals surface area contributed by atoms with Crippen molar-refractivity contribution in [3.05, 3.63) is 32.4 Å². The number of aryl methyl sites for hydroxylation is 3. The first-order chi connectivity index (χ1) is 10.6. The molecule has 0 saturated heterocycles. The van der Waals surface area contributed by atoms with Gasteiger partial charge in [0.2, 0.25) is 5.91 Å². The number of nitrogens with one attached hydrogen (secondary N) is 1. The SMILES string of the molecule is CCc1csc(CNC(=O)[C@H]2CCc3nn(C)c(=O)n3C2)n1. The maximum atomic E-state index is 12.3. The van der Waals surface area contributed by atoms with E-state index in [9.17, 15) is 9.59 Å². The minimum absolute atomic E-state index is 0.0188. The molecule has 0 fully saturated rings. The van der Waals surface area contributed by atoms with E-state index >= 15 is 0 Å². The zero-order valence-corrected chi connectivity index (χ0v) is 13.5. The molecule has 0 aromatic carbocycles. The van der Waals surface area contributed by atoms with Crippen LogP contribution >= 0.6 is 11.3 Å². The number of carbonyl (C=O) groups excluding carboxylic acids is 1. The summed E-state index contributed by atoms with van der Waals surface area (Å²) in [5.74, 6) is 0.568. The summed E-state index contributed by atoms with van der Waals surface area (Å²) in [5.41, 5.74) is 0.901. The number of thiazole rings is 1. The summed E-state index contributed by atoms with van der Waals surface area (Å²) < 4.78 is 2.93. The molecule has 22 heavy (non-hydrogen) atoms. The minimum Gasteiger partial charge on any atom is -0.349 e. The zero-order valence-electron chi connectivity index (χ0n) is 12.7. The Kier molecular flexibility index (Phi) is 4.10. The van der Waals surface area contributed by atoms with Crippen molar-refractivity contribution >= 4 is 17.2 Å². The van der Waals surface area contributed by atoms with E-state index in [2.05, 4.69) is 22.3 Å². The van der Waals surface area contributed by atoms with Crippen molar-refractivity contribution in [3.63, 3.8) is 0 Å². The van der Waals surface area contributed by atoms with E-state index in [-0.39, 0.29) is 17.5 Å². The lowest BCUT2D eigenvalue weighted by atomic mass is 9.98. The molecule has 0 saturated carbocycles. The molecule has 0 bridgehead atoms. The van der Waals surface area contributed by atoms with Gasteiger partial charge in [0.15, 0.2) is 0 Å². The van der Waals surface area contributed by atoms with Gasteiger partial charge in [-0.2, -0.15) is 5.10 Å². The van der Waals surface area contributed by atoms with Crippen LogP contribution in [0.1, 0.15) is 29.9 Å². The molecule has 2 aromatic heterocycles. The van der Waals surface area contributed by atoms with Gasteiger partial charge in [-0.15, -0.1) is 11.3 Å². The number of aromatic nitrogens is 4. The molecule has 1 aliphatic rings. The van der Waals surface area contributed by atoms with Crippen LogP contribution in [-0.2, 0) is 37.8 Å². The molecule has 0 spiro atoms. The second-order valence-electron chi connectivity index (χ2n) is 5.47. The van der Waals surface area contributed by atoms with Crippen LogP contribution < -0.4 is 11.0 Å². The number of hydrogen-bond acceptors (Lipinski definition) is 5. The van der Waals surface area contributed by atoms with Gasteiger partial charge >= 0.3 is 5.69 Å². The van der Waals surface area contributed by atoms with Crippen molar-refractivity contribution in [1.29, 1.82) is 0 Å². The molecule has 8 heteroatoms. The van der Waals surface area contributed by atoms with Crippen LogP contribution in [0.15, 0.2) is 10.2 Å². The monoisotopic (exact) mass is 321 g/mol. The Labute approximate surface area is 132 Å². The Morgan fingerprint density at radius 3 is 3.09 bits per heavy atom. The van der Waals surface area contributed by atoms with E-state index in [4.69, 9.17) is 0 Å². The van der Waals surface area contributed by atoms with E-state index in [1.165, 1.54) is 4.68 Å². The molecule has 1 aliphatic heterocycles. The van der Waals surface area contributed by atoms with Gasteiger partial charge in [-0.1, -0.05) is 6.92 Å². The standard InChI is InChI=1S/C14H19N5O2S/c1-3-10-8-22-12(16-10)6-15-13(20)9-4-5-11-17-18(2)14(21)19(11)7-9/h8-9H,3-7H2,1-2H3,(H,15,20)/t9-/m0/s1. The number of amides is 1. The summed E-state index contributed by atoms with van der Waals surface area (Å²) in [7, 11) is 1.64. The highest BCUT2D eigenvalue weighted by atomic mass is 32.1. The number of fused-ring (bicyclic) bond motifs is 1. The van der Waals surface area contributed by atoms with Crippen LogP contribution in [0.3, 0.4) is 0 Å². The Morgan fingerprint density at radius 1 is 1.55 bits per heavy atom. The van der Waals surface area contributed by atoms with Crippen molar-refractivity contribution < 1.29 is 4.79 Å².